The van der Waals surface area contributed by atoms with Gasteiger partial charge in [0.1, 0.15) is 11.9 Å². The first-order valence-corrected chi connectivity index (χ1v) is 7.12. The van der Waals surface area contributed by atoms with E-state index in [-0.39, 0.29) is 5.56 Å². The molecule has 2 aromatic carbocycles. The molecule has 1 N–H and O–H groups in total. The van der Waals surface area contributed by atoms with Gasteiger partial charge < -0.3 is 5.11 Å². The lowest BCUT2D eigenvalue weighted by atomic mass is 9.99. The summed E-state index contributed by atoms with van der Waals surface area (Å²) in [4.78, 5) is 0. The molecule has 0 saturated heterocycles. The molecule has 0 heterocycles. The molecular weight excluding hydrogens is 331 g/mol. The molecule has 1 nitrogen and oxygen atoms in total. The number of rotatable bonds is 3. The van der Waals surface area contributed by atoms with Crippen LogP contribution in [-0.4, -0.2) is 5.11 Å². The van der Waals surface area contributed by atoms with E-state index >= 15 is 0 Å². The van der Waals surface area contributed by atoms with Gasteiger partial charge in [-0.15, -0.1) is 0 Å². The van der Waals surface area contributed by atoms with E-state index in [1.807, 2.05) is 12.1 Å². The fraction of sp³-hybridized carbons (Fsp3) is 0.200. The quantitative estimate of drug-likeness (QED) is 0.787. The van der Waals surface area contributed by atoms with Crippen molar-refractivity contribution in [2.45, 2.75) is 19.4 Å². The molecule has 4 heteroatoms. The van der Waals surface area contributed by atoms with Crippen molar-refractivity contribution in [1.29, 1.82) is 0 Å². The molecule has 0 aromatic heterocycles. The highest BCUT2D eigenvalue weighted by atomic mass is 79.9. The Morgan fingerprint density at radius 3 is 2.42 bits per heavy atom. The second-order valence-electron chi connectivity index (χ2n) is 4.25. The van der Waals surface area contributed by atoms with Gasteiger partial charge in [0.2, 0.25) is 0 Å². The number of hydrogen-bond donors (Lipinski definition) is 1. The van der Waals surface area contributed by atoms with Gasteiger partial charge in [0.25, 0.3) is 0 Å². The molecular formula is C15H13BrClFO. The van der Waals surface area contributed by atoms with Crippen LogP contribution in [0.1, 0.15) is 29.7 Å². The SMILES string of the molecule is CCc1ccc(C(O)c2c(F)ccc(Cl)c2Br)cc1. The minimum absolute atomic E-state index is 0.164. The second kappa shape index (κ2) is 6.04. The predicted octanol–water partition coefficient (Wildman–Crippen LogP) is 4.89. The zero-order chi connectivity index (χ0) is 14.0. The van der Waals surface area contributed by atoms with Crippen molar-refractivity contribution >= 4 is 27.5 Å². The average Bonchev–Trinajstić information content (AvgIpc) is 2.43. The van der Waals surface area contributed by atoms with Gasteiger partial charge in [-0.25, -0.2) is 4.39 Å². The van der Waals surface area contributed by atoms with Crippen molar-refractivity contribution in [3.05, 3.63) is 68.4 Å². The zero-order valence-corrected chi connectivity index (χ0v) is 12.7. The number of aliphatic hydroxyl groups is 1. The van der Waals surface area contributed by atoms with Gasteiger partial charge in [-0.2, -0.15) is 0 Å². The molecule has 0 amide bonds. The van der Waals surface area contributed by atoms with Crippen LogP contribution in [-0.2, 0) is 6.42 Å². The Morgan fingerprint density at radius 2 is 1.84 bits per heavy atom. The zero-order valence-electron chi connectivity index (χ0n) is 10.3. The number of aryl methyl sites for hydroxylation is 1. The van der Waals surface area contributed by atoms with E-state index in [0.29, 0.717) is 15.1 Å². The smallest absolute Gasteiger partial charge is 0.130 e. The lowest BCUT2D eigenvalue weighted by molar-refractivity contribution is 0.214. The first-order valence-electron chi connectivity index (χ1n) is 5.95. The molecule has 0 bridgehead atoms. The van der Waals surface area contributed by atoms with Crippen LogP contribution in [0.3, 0.4) is 0 Å². The second-order valence-corrected chi connectivity index (χ2v) is 5.45. The number of aliphatic hydroxyl groups excluding tert-OH is 1. The van der Waals surface area contributed by atoms with E-state index in [1.165, 1.54) is 17.7 Å². The molecule has 0 saturated carbocycles. The summed E-state index contributed by atoms with van der Waals surface area (Å²) in [6, 6.07) is 10.2. The first kappa shape index (κ1) is 14.5. The lowest BCUT2D eigenvalue weighted by Crippen LogP contribution is -2.04. The van der Waals surface area contributed by atoms with Crippen LogP contribution in [0.25, 0.3) is 0 Å². The van der Waals surface area contributed by atoms with Crippen molar-refractivity contribution in [3.8, 4) is 0 Å². The van der Waals surface area contributed by atoms with Crippen LogP contribution in [0.4, 0.5) is 4.39 Å². The van der Waals surface area contributed by atoms with Gasteiger partial charge >= 0.3 is 0 Å². The summed E-state index contributed by atoms with van der Waals surface area (Å²) >= 11 is 9.17. The van der Waals surface area contributed by atoms with Crippen LogP contribution in [0.5, 0.6) is 0 Å². The summed E-state index contributed by atoms with van der Waals surface area (Å²) < 4.78 is 14.3. The maximum absolute atomic E-state index is 13.9. The van der Waals surface area contributed by atoms with Crippen LogP contribution in [0.15, 0.2) is 40.9 Å². The van der Waals surface area contributed by atoms with Crippen molar-refractivity contribution in [2.24, 2.45) is 0 Å². The third-order valence-electron chi connectivity index (χ3n) is 3.06. The number of hydrogen-bond acceptors (Lipinski definition) is 1. The highest BCUT2D eigenvalue weighted by Gasteiger charge is 2.20. The van der Waals surface area contributed by atoms with Crippen molar-refractivity contribution in [3.63, 3.8) is 0 Å². The highest BCUT2D eigenvalue weighted by molar-refractivity contribution is 9.10. The summed E-state index contributed by atoms with van der Waals surface area (Å²) in [5.41, 5.74) is 1.97. The molecule has 0 aliphatic rings. The van der Waals surface area contributed by atoms with E-state index in [0.717, 1.165) is 6.42 Å². The molecule has 0 aliphatic heterocycles. The van der Waals surface area contributed by atoms with E-state index in [9.17, 15) is 9.50 Å². The van der Waals surface area contributed by atoms with Gasteiger partial charge in [-0.05, 0) is 45.6 Å². The summed E-state index contributed by atoms with van der Waals surface area (Å²) in [6.07, 6.45) is -0.120. The molecule has 0 spiro atoms. The van der Waals surface area contributed by atoms with Crippen LogP contribution >= 0.6 is 27.5 Å². The normalized spacial score (nSPS) is 12.5. The summed E-state index contributed by atoms with van der Waals surface area (Å²) in [7, 11) is 0. The molecule has 0 aliphatic carbocycles. The lowest BCUT2D eigenvalue weighted by Gasteiger charge is -2.15. The standard InChI is InChI=1S/C15H13BrClFO/c1-2-9-3-5-10(6-4-9)15(19)13-12(18)8-7-11(17)14(13)16/h3-8,15,19H,2H2,1H3. The third-order valence-corrected chi connectivity index (χ3v) is 4.45. The Labute approximate surface area is 125 Å². The van der Waals surface area contributed by atoms with Crippen LogP contribution in [0.2, 0.25) is 5.02 Å². The Kier molecular flexibility index (Phi) is 4.61. The maximum atomic E-state index is 13.9. The molecule has 1 unspecified atom stereocenters. The van der Waals surface area contributed by atoms with E-state index in [1.54, 1.807) is 12.1 Å². The van der Waals surface area contributed by atoms with E-state index < -0.39 is 11.9 Å². The maximum Gasteiger partial charge on any atom is 0.130 e. The fourth-order valence-electron chi connectivity index (χ4n) is 1.90. The molecule has 0 radical (unpaired) electrons. The highest BCUT2D eigenvalue weighted by Crippen LogP contribution is 2.35. The number of halogens is 3. The molecule has 100 valence electrons. The Hall–Kier alpha value is -0.900. The van der Waals surface area contributed by atoms with Crippen molar-refractivity contribution in [1.82, 2.24) is 0 Å². The monoisotopic (exact) mass is 342 g/mol. The van der Waals surface area contributed by atoms with Gasteiger partial charge in [-0.1, -0.05) is 42.8 Å². The van der Waals surface area contributed by atoms with E-state index in [4.69, 9.17) is 11.6 Å². The van der Waals surface area contributed by atoms with Gasteiger partial charge in [0.15, 0.2) is 0 Å². The van der Waals surface area contributed by atoms with Crippen LogP contribution in [0, 0.1) is 5.82 Å². The molecule has 19 heavy (non-hydrogen) atoms. The average molecular weight is 344 g/mol. The van der Waals surface area contributed by atoms with Crippen molar-refractivity contribution < 1.29 is 9.50 Å². The Morgan fingerprint density at radius 1 is 1.21 bits per heavy atom. The van der Waals surface area contributed by atoms with Gasteiger partial charge in [0.05, 0.1) is 5.02 Å². The van der Waals surface area contributed by atoms with Gasteiger partial charge in [-0.3, -0.25) is 0 Å². The fourth-order valence-corrected chi connectivity index (χ4v) is 2.60. The van der Waals surface area contributed by atoms with Crippen molar-refractivity contribution in [2.75, 3.05) is 0 Å². The summed E-state index contributed by atoms with van der Waals surface area (Å²) in [6.45, 7) is 2.05. The molecule has 2 aromatic rings. The predicted molar refractivity (Wildman–Crippen MR) is 79.0 cm³/mol. The Bertz CT molecular complexity index is 583. The van der Waals surface area contributed by atoms with Gasteiger partial charge in [0, 0.05) is 10.0 Å². The summed E-state index contributed by atoms with van der Waals surface area (Å²) in [5, 5.41) is 10.7. The minimum atomic E-state index is -1.04. The van der Waals surface area contributed by atoms with Crippen LogP contribution < -0.4 is 0 Å². The topological polar surface area (TPSA) is 20.2 Å². The third kappa shape index (κ3) is 2.99. The molecule has 0 fully saturated rings. The number of benzene rings is 2. The molecule has 1 atom stereocenters. The first-order chi connectivity index (χ1) is 9.04. The minimum Gasteiger partial charge on any atom is -0.384 e. The Balaban J connectivity index is 2.43. The molecule has 2 rings (SSSR count). The van der Waals surface area contributed by atoms with E-state index in [2.05, 4.69) is 22.9 Å². The summed E-state index contributed by atoms with van der Waals surface area (Å²) in [5.74, 6) is -0.483. The largest absolute Gasteiger partial charge is 0.384 e.